The van der Waals surface area contributed by atoms with Crippen molar-refractivity contribution >= 4 is 17.3 Å². The van der Waals surface area contributed by atoms with E-state index in [1.165, 1.54) is 10.4 Å². The van der Waals surface area contributed by atoms with E-state index in [1.54, 1.807) is 11.3 Å². The average molecular weight is 375 g/mol. The molecular weight excluding hydrogens is 344 g/mol. The predicted molar refractivity (Wildman–Crippen MR) is 110 cm³/mol. The molecule has 0 atom stereocenters. The van der Waals surface area contributed by atoms with Gasteiger partial charge in [0, 0.05) is 18.0 Å². The molecule has 0 aliphatic carbocycles. The fourth-order valence-corrected chi connectivity index (χ4v) is 3.41. The van der Waals surface area contributed by atoms with Crippen LogP contribution in [0.5, 0.6) is 5.75 Å². The summed E-state index contributed by atoms with van der Waals surface area (Å²) >= 11 is 1.72. The van der Waals surface area contributed by atoms with Crippen LogP contribution in [0.4, 0.5) is 0 Å². The number of guanidine groups is 1. The SMILES string of the molecule is CCCOc1cccc(CCNC(=NCc2sc(C)nc2C)NCC)c1. The molecule has 1 aromatic carbocycles. The van der Waals surface area contributed by atoms with Crippen LogP contribution in [0.2, 0.25) is 0 Å². The molecule has 142 valence electrons. The Labute approximate surface area is 160 Å². The minimum Gasteiger partial charge on any atom is -0.494 e. The predicted octanol–water partition coefficient (Wildman–Crippen LogP) is 3.85. The van der Waals surface area contributed by atoms with Crippen LogP contribution < -0.4 is 15.4 Å². The molecular formula is C20H30N4OS. The Bertz CT molecular complexity index is 712. The van der Waals surface area contributed by atoms with Gasteiger partial charge >= 0.3 is 0 Å². The number of benzene rings is 1. The molecule has 5 nitrogen and oxygen atoms in total. The molecule has 0 saturated heterocycles. The molecule has 1 heterocycles. The molecule has 0 bridgehead atoms. The first-order valence-electron chi connectivity index (χ1n) is 9.29. The van der Waals surface area contributed by atoms with E-state index < -0.39 is 0 Å². The number of nitrogens with zero attached hydrogens (tertiary/aromatic N) is 2. The maximum absolute atomic E-state index is 5.70. The Kier molecular flexibility index (Phi) is 8.41. The second-order valence-corrected chi connectivity index (χ2v) is 7.40. The first-order chi connectivity index (χ1) is 12.6. The van der Waals surface area contributed by atoms with Crippen LogP contribution in [-0.2, 0) is 13.0 Å². The van der Waals surface area contributed by atoms with Gasteiger partial charge in [-0.05, 0) is 51.3 Å². The fourth-order valence-electron chi connectivity index (χ4n) is 2.55. The summed E-state index contributed by atoms with van der Waals surface area (Å²) < 4.78 is 5.70. The number of nitrogens with one attached hydrogen (secondary N) is 2. The van der Waals surface area contributed by atoms with Crippen molar-refractivity contribution < 1.29 is 4.74 Å². The van der Waals surface area contributed by atoms with Crippen molar-refractivity contribution in [3.05, 3.63) is 45.4 Å². The highest BCUT2D eigenvalue weighted by molar-refractivity contribution is 7.11. The first kappa shape index (κ1) is 20.2. The first-order valence-corrected chi connectivity index (χ1v) is 10.1. The van der Waals surface area contributed by atoms with Gasteiger partial charge in [0.2, 0.25) is 0 Å². The zero-order chi connectivity index (χ0) is 18.8. The number of rotatable bonds is 9. The van der Waals surface area contributed by atoms with E-state index in [2.05, 4.69) is 52.7 Å². The third kappa shape index (κ3) is 6.67. The lowest BCUT2D eigenvalue weighted by Crippen LogP contribution is -2.38. The molecule has 0 aliphatic rings. The molecule has 2 rings (SSSR count). The van der Waals surface area contributed by atoms with Gasteiger partial charge in [0.05, 0.1) is 23.9 Å². The molecule has 1 aromatic heterocycles. The largest absolute Gasteiger partial charge is 0.494 e. The number of hydrogen-bond acceptors (Lipinski definition) is 4. The van der Waals surface area contributed by atoms with Crippen molar-refractivity contribution in [1.82, 2.24) is 15.6 Å². The number of ether oxygens (including phenoxy) is 1. The van der Waals surface area contributed by atoms with Gasteiger partial charge in [0.25, 0.3) is 0 Å². The van der Waals surface area contributed by atoms with Crippen molar-refractivity contribution in [2.75, 3.05) is 19.7 Å². The molecule has 26 heavy (non-hydrogen) atoms. The monoisotopic (exact) mass is 374 g/mol. The lowest BCUT2D eigenvalue weighted by molar-refractivity contribution is 0.317. The normalized spacial score (nSPS) is 11.5. The van der Waals surface area contributed by atoms with Gasteiger partial charge in [0.15, 0.2) is 5.96 Å². The van der Waals surface area contributed by atoms with Crippen LogP contribution in [0.25, 0.3) is 0 Å². The van der Waals surface area contributed by atoms with Crippen molar-refractivity contribution in [2.24, 2.45) is 4.99 Å². The Hall–Kier alpha value is -2.08. The van der Waals surface area contributed by atoms with E-state index in [-0.39, 0.29) is 0 Å². The average Bonchev–Trinajstić information content (AvgIpc) is 2.95. The van der Waals surface area contributed by atoms with Crippen LogP contribution >= 0.6 is 11.3 Å². The molecule has 0 radical (unpaired) electrons. The summed E-state index contributed by atoms with van der Waals surface area (Å²) in [6.45, 7) is 11.4. The van der Waals surface area contributed by atoms with E-state index in [4.69, 9.17) is 4.74 Å². The van der Waals surface area contributed by atoms with Crippen molar-refractivity contribution in [3.63, 3.8) is 0 Å². The molecule has 0 aliphatic heterocycles. The molecule has 0 unspecified atom stereocenters. The summed E-state index contributed by atoms with van der Waals surface area (Å²) in [4.78, 5) is 10.4. The summed E-state index contributed by atoms with van der Waals surface area (Å²) in [6, 6.07) is 8.31. The van der Waals surface area contributed by atoms with Crippen LogP contribution in [0.1, 0.15) is 41.4 Å². The Balaban J connectivity index is 1.88. The number of aliphatic imine (C=N–C) groups is 1. The standard InChI is InChI=1S/C20H30N4OS/c1-5-12-25-18-9-7-8-17(13-18)10-11-22-20(21-6-2)23-14-19-15(3)24-16(4)26-19/h7-9,13H,5-6,10-12,14H2,1-4H3,(H2,21,22,23). The smallest absolute Gasteiger partial charge is 0.191 e. The third-order valence-corrected chi connectivity index (χ3v) is 4.86. The summed E-state index contributed by atoms with van der Waals surface area (Å²) in [5.41, 5.74) is 2.34. The van der Waals surface area contributed by atoms with E-state index in [0.717, 1.165) is 54.9 Å². The number of thiazole rings is 1. The quantitative estimate of drug-likeness (QED) is 0.517. The van der Waals surface area contributed by atoms with Crippen LogP contribution in [0.15, 0.2) is 29.3 Å². The molecule has 0 spiro atoms. The zero-order valence-electron chi connectivity index (χ0n) is 16.3. The Morgan fingerprint density at radius 3 is 2.77 bits per heavy atom. The lowest BCUT2D eigenvalue weighted by Gasteiger charge is -2.12. The minimum atomic E-state index is 0.660. The van der Waals surface area contributed by atoms with Gasteiger partial charge in [-0.25, -0.2) is 9.98 Å². The molecule has 2 N–H and O–H groups in total. The van der Waals surface area contributed by atoms with E-state index in [0.29, 0.717) is 6.54 Å². The van der Waals surface area contributed by atoms with Gasteiger partial charge in [-0.15, -0.1) is 11.3 Å². The minimum absolute atomic E-state index is 0.660. The molecule has 0 fully saturated rings. The Morgan fingerprint density at radius 1 is 1.23 bits per heavy atom. The van der Waals surface area contributed by atoms with Crippen LogP contribution in [0.3, 0.4) is 0 Å². The van der Waals surface area contributed by atoms with E-state index in [9.17, 15) is 0 Å². The Morgan fingerprint density at radius 2 is 2.08 bits per heavy atom. The lowest BCUT2D eigenvalue weighted by atomic mass is 10.1. The summed E-state index contributed by atoms with van der Waals surface area (Å²) in [6.07, 6.45) is 1.94. The van der Waals surface area contributed by atoms with E-state index in [1.807, 2.05) is 19.9 Å². The van der Waals surface area contributed by atoms with Gasteiger partial charge in [-0.2, -0.15) is 0 Å². The van der Waals surface area contributed by atoms with Crippen molar-refractivity contribution in [2.45, 2.75) is 47.1 Å². The number of aryl methyl sites for hydroxylation is 2. The third-order valence-electron chi connectivity index (χ3n) is 3.80. The second-order valence-electron chi connectivity index (χ2n) is 6.11. The van der Waals surface area contributed by atoms with Gasteiger partial charge in [-0.1, -0.05) is 19.1 Å². The van der Waals surface area contributed by atoms with Crippen LogP contribution in [0, 0.1) is 13.8 Å². The van der Waals surface area contributed by atoms with Crippen LogP contribution in [-0.4, -0.2) is 30.6 Å². The second kappa shape index (κ2) is 10.8. The molecule has 0 amide bonds. The highest BCUT2D eigenvalue weighted by Crippen LogP contribution is 2.18. The number of hydrogen-bond donors (Lipinski definition) is 2. The maximum Gasteiger partial charge on any atom is 0.191 e. The zero-order valence-corrected chi connectivity index (χ0v) is 17.1. The summed E-state index contributed by atoms with van der Waals surface area (Å²) in [5, 5.41) is 7.81. The van der Waals surface area contributed by atoms with Gasteiger partial charge in [-0.3, -0.25) is 0 Å². The molecule has 2 aromatic rings. The highest BCUT2D eigenvalue weighted by Gasteiger charge is 2.05. The van der Waals surface area contributed by atoms with Crippen molar-refractivity contribution in [3.8, 4) is 5.75 Å². The van der Waals surface area contributed by atoms with Crippen molar-refractivity contribution in [1.29, 1.82) is 0 Å². The summed E-state index contributed by atoms with van der Waals surface area (Å²) in [5.74, 6) is 1.79. The highest BCUT2D eigenvalue weighted by atomic mass is 32.1. The summed E-state index contributed by atoms with van der Waals surface area (Å²) in [7, 11) is 0. The molecule has 6 heteroatoms. The number of aromatic nitrogens is 1. The fraction of sp³-hybridized carbons (Fsp3) is 0.500. The van der Waals surface area contributed by atoms with Gasteiger partial charge in [0.1, 0.15) is 5.75 Å². The topological polar surface area (TPSA) is 58.5 Å². The molecule has 0 saturated carbocycles. The maximum atomic E-state index is 5.70. The van der Waals surface area contributed by atoms with E-state index >= 15 is 0 Å². The van der Waals surface area contributed by atoms with Gasteiger partial charge < -0.3 is 15.4 Å².